The Hall–Kier alpha value is 0.0700. The summed E-state index contributed by atoms with van der Waals surface area (Å²) in [5, 5.41) is 0. The fourth-order valence-electron chi connectivity index (χ4n) is 1.72. The maximum absolute atomic E-state index is 10.5. The van der Waals surface area contributed by atoms with Gasteiger partial charge >= 0.3 is 0 Å². The monoisotopic (exact) mass is 248 g/mol. The SMILES string of the molecule is CCCCCCCCCCCN(C)S(=O)[O-]. The first-order valence-electron chi connectivity index (χ1n) is 6.49. The van der Waals surface area contributed by atoms with Crippen LogP contribution in [0.1, 0.15) is 64.7 Å². The van der Waals surface area contributed by atoms with E-state index in [1.807, 2.05) is 0 Å². The molecular weight excluding hydrogens is 222 g/mol. The van der Waals surface area contributed by atoms with Crippen molar-refractivity contribution in [3.8, 4) is 0 Å². The Morgan fingerprint density at radius 3 is 1.81 bits per heavy atom. The van der Waals surface area contributed by atoms with Gasteiger partial charge in [0, 0.05) is 17.8 Å². The van der Waals surface area contributed by atoms with Gasteiger partial charge < -0.3 is 4.55 Å². The Morgan fingerprint density at radius 1 is 0.938 bits per heavy atom. The summed E-state index contributed by atoms with van der Waals surface area (Å²) in [6.45, 7) is 2.89. The highest BCUT2D eigenvalue weighted by Gasteiger charge is 1.97. The van der Waals surface area contributed by atoms with Crippen molar-refractivity contribution in [2.45, 2.75) is 64.7 Å². The van der Waals surface area contributed by atoms with E-state index in [1.165, 1.54) is 49.3 Å². The molecule has 0 radical (unpaired) electrons. The van der Waals surface area contributed by atoms with Crippen molar-refractivity contribution in [1.29, 1.82) is 0 Å². The van der Waals surface area contributed by atoms with Crippen LogP contribution in [0.2, 0.25) is 0 Å². The highest BCUT2D eigenvalue weighted by Crippen LogP contribution is 2.09. The number of nitrogens with zero attached hydrogens (tertiary/aromatic N) is 1. The molecule has 0 aliphatic carbocycles. The van der Waals surface area contributed by atoms with Crippen LogP contribution in [-0.2, 0) is 11.3 Å². The largest absolute Gasteiger partial charge is 0.760 e. The number of unbranched alkanes of at least 4 members (excludes halogenated alkanes) is 8. The molecule has 0 aromatic carbocycles. The summed E-state index contributed by atoms with van der Waals surface area (Å²) >= 11 is -2.04. The molecule has 0 saturated carbocycles. The molecule has 4 heteroatoms. The van der Waals surface area contributed by atoms with E-state index in [4.69, 9.17) is 0 Å². The van der Waals surface area contributed by atoms with Gasteiger partial charge in [0.1, 0.15) is 0 Å². The lowest BCUT2D eigenvalue weighted by molar-refractivity contribution is 0.420. The number of hydrogen-bond donors (Lipinski definition) is 0. The highest BCUT2D eigenvalue weighted by atomic mass is 32.2. The third-order valence-corrected chi connectivity index (χ3v) is 3.52. The summed E-state index contributed by atoms with van der Waals surface area (Å²) in [5.74, 6) is 0. The molecule has 16 heavy (non-hydrogen) atoms. The van der Waals surface area contributed by atoms with Crippen LogP contribution in [0.3, 0.4) is 0 Å². The summed E-state index contributed by atoms with van der Waals surface area (Å²) in [6, 6.07) is 0. The zero-order valence-electron chi connectivity index (χ0n) is 10.7. The lowest BCUT2D eigenvalue weighted by Crippen LogP contribution is -2.21. The Labute approximate surface area is 103 Å². The first-order chi connectivity index (χ1) is 7.68. The van der Waals surface area contributed by atoms with Gasteiger partial charge in [-0.2, -0.15) is 0 Å². The van der Waals surface area contributed by atoms with Crippen LogP contribution in [0, 0.1) is 0 Å². The molecule has 1 unspecified atom stereocenters. The molecule has 0 saturated heterocycles. The standard InChI is InChI=1S/C12H27NO2S/c1-3-4-5-6-7-8-9-10-11-12-13(2)16(14)15/h3-12H2,1-2H3,(H,14,15)/p-1. The van der Waals surface area contributed by atoms with Gasteiger partial charge in [-0.25, -0.2) is 4.31 Å². The van der Waals surface area contributed by atoms with Crippen molar-refractivity contribution >= 4 is 11.3 Å². The lowest BCUT2D eigenvalue weighted by Gasteiger charge is -2.18. The Balaban J connectivity index is 3.07. The molecule has 98 valence electrons. The second-order valence-corrected chi connectivity index (χ2v) is 5.45. The molecule has 0 aromatic rings. The minimum absolute atomic E-state index is 0.659. The van der Waals surface area contributed by atoms with Crippen LogP contribution in [0.15, 0.2) is 0 Å². The van der Waals surface area contributed by atoms with Gasteiger partial charge in [-0.15, -0.1) is 0 Å². The second-order valence-electron chi connectivity index (χ2n) is 4.40. The fraction of sp³-hybridized carbons (Fsp3) is 1.00. The molecular formula is C12H26NO2S-. The van der Waals surface area contributed by atoms with Crippen LogP contribution in [0.25, 0.3) is 0 Å². The van der Waals surface area contributed by atoms with E-state index < -0.39 is 11.3 Å². The predicted octanol–water partition coefficient (Wildman–Crippen LogP) is 3.24. The minimum Gasteiger partial charge on any atom is -0.760 e. The minimum atomic E-state index is -2.04. The molecule has 0 amide bonds. The second kappa shape index (κ2) is 11.6. The van der Waals surface area contributed by atoms with E-state index in [0.29, 0.717) is 6.54 Å². The molecule has 0 aromatic heterocycles. The average Bonchev–Trinajstić information content (AvgIpc) is 2.26. The van der Waals surface area contributed by atoms with Gasteiger partial charge in [-0.05, 0) is 13.5 Å². The smallest absolute Gasteiger partial charge is 0.0206 e. The van der Waals surface area contributed by atoms with Gasteiger partial charge in [0.25, 0.3) is 0 Å². The maximum atomic E-state index is 10.5. The zero-order chi connectivity index (χ0) is 12.2. The van der Waals surface area contributed by atoms with Crippen LogP contribution < -0.4 is 0 Å². The molecule has 0 heterocycles. The van der Waals surface area contributed by atoms with E-state index in [0.717, 1.165) is 12.8 Å². The van der Waals surface area contributed by atoms with Crippen LogP contribution in [0.4, 0.5) is 0 Å². The zero-order valence-corrected chi connectivity index (χ0v) is 11.6. The van der Waals surface area contributed by atoms with Gasteiger partial charge in [-0.3, -0.25) is 4.21 Å². The Kier molecular flexibility index (Phi) is 11.6. The lowest BCUT2D eigenvalue weighted by atomic mass is 10.1. The summed E-state index contributed by atoms with van der Waals surface area (Å²) < 4.78 is 22.3. The summed E-state index contributed by atoms with van der Waals surface area (Å²) in [5.41, 5.74) is 0. The molecule has 0 aliphatic heterocycles. The van der Waals surface area contributed by atoms with Crippen LogP contribution >= 0.6 is 0 Å². The van der Waals surface area contributed by atoms with Crippen molar-refractivity contribution in [1.82, 2.24) is 4.31 Å². The van der Waals surface area contributed by atoms with Crippen molar-refractivity contribution in [3.05, 3.63) is 0 Å². The highest BCUT2D eigenvalue weighted by molar-refractivity contribution is 7.76. The van der Waals surface area contributed by atoms with Gasteiger partial charge in [0.05, 0.1) is 0 Å². The first kappa shape index (κ1) is 16.1. The molecule has 0 N–H and O–H groups in total. The van der Waals surface area contributed by atoms with Gasteiger partial charge in [0.2, 0.25) is 0 Å². The molecule has 0 bridgehead atoms. The van der Waals surface area contributed by atoms with E-state index in [1.54, 1.807) is 7.05 Å². The molecule has 3 nitrogen and oxygen atoms in total. The topological polar surface area (TPSA) is 43.4 Å². The number of hydrogen-bond acceptors (Lipinski definition) is 2. The maximum Gasteiger partial charge on any atom is 0.0206 e. The summed E-state index contributed by atoms with van der Waals surface area (Å²) in [4.78, 5) is 0. The van der Waals surface area contributed by atoms with Crippen molar-refractivity contribution < 1.29 is 8.76 Å². The third-order valence-electron chi connectivity index (χ3n) is 2.83. The third kappa shape index (κ3) is 10.6. The van der Waals surface area contributed by atoms with Crippen LogP contribution in [0.5, 0.6) is 0 Å². The van der Waals surface area contributed by atoms with E-state index in [9.17, 15) is 8.76 Å². The summed E-state index contributed by atoms with van der Waals surface area (Å²) in [7, 11) is 1.62. The van der Waals surface area contributed by atoms with E-state index in [-0.39, 0.29) is 0 Å². The summed E-state index contributed by atoms with van der Waals surface area (Å²) in [6.07, 6.45) is 11.4. The molecule has 0 fully saturated rings. The first-order valence-corrected chi connectivity index (χ1v) is 7.52. The molecule has 1 atom stereocenters. The van der Waals surface area contributed by atoms with Crippen LogP contribution in [-0.4, -0.2) is 26.7 Å². The molecule has 0 spiro atoms. The molecule has 0 rings (SSSR count). The quantitative estimate of drug-likeness (QED) is 0.416. The van der Waals surface area contributed by atoms with E-state index >= 15 is 0 Å². The van der Waals surface area contributed by atoms with Gasteiger partial charge in [0.15, 0.2) is 0 Å². The Morgan fingerprint density at radius 2 is 1.38 bits per heavy atom. The molecule has 0 aliphatic rings. The fourth-order valence-corrected chi connectivity index (χ4v) is 2.00. The van der Waals surface area contributed by atoms with Gasteiger partial charge in [-0.1, -0.05) is 58.3 Å². The van der Waals surface area contributed by atoms with Crippen molar-refractivity contribution in [3.63, 3.8) is 0 Å². The average molecular weight is 248 g/mol. The normalized spacial score (nSPS) is 13.2. The predicted molar refractivity (Wildman–Crippen MR) is 68.8 cm³/mol. The van der Waals surface area contributed by atoms with Crippen molar-refractivity contribution in [2.75, 3.05) is 13.6 Å². The number of rotatable bonds is 11. The Bertz CT molecular complexity index is 176. The van der Waals surface area contributed by atoms with Crippen molar-refractivity contribution in [2.24, 2.45) is 0 Å². The van der Waals surface area contributed by atoms with E-state index in [2.05, 4.69) is 6.92 Å².